The molecule has 5 heteroatoms. The smallest absolute Gasteiger partial charge is 0.288 e. The lowest BCUT2D eigenvalue weighted by molar-refractivity contribution is -0.117. The third kappa shape index (κ3) is 3.74. The molecule has 0 fully saturated rings. The van der Waals surface area contributed by atoms with Crippen molar-refractivity contribution in [3.63, 3.8) is 0 Å². The fourth-order valence-corrected chi connectivity index (χ4v) is 1.49. The third-order valence-electron chi connectivity index (χ3n) is 1.53. The van der Waals surface area contributed by atoms with E-state index in [0.717, 1.165) is 5.56 Å². The number of hydrogen-bond donors (Lipinski definition) is 1. The van der Waals surface area contributed by atoms with Gasteiger partial charge in [-0.15, -0.1) is 0 Å². The van der Waals surface area contributed by atoms with E-state index in [4.69, 9.17) is 5.73 Å². The van der Waals surface area contributed by atoms with Crippen LogP contribution in [0.4, 0.5) is 8.78 Å². The molecule has 2 N–H and O–H groups in total. The van der Waals surface area contributed by atoms with Crippen molar-refractivity contribution in [2.24, 2.45) is 5.73 Å². The topological polar surface area (TPSA) is 43.1 Å². The maximum atomic E-state index is 11.9. The zero-order chi connectivity index (χ0) is 10.6. The van der Waals surface area contributed by atoms with Crippen LogP contribution in [0.15, 0.2) is 29.2 Å². The number of nitrogens with two attached hydrogens (primary N) is 1. The Hall–Kier alpha value is -1.10. The minimum atomic E-state index is -2.42. The van der Waals surface area contributed by atoms with Crippen LogP contribution in [0.25, 0.3) is 0 Å². The first kappa shape index (κ1) is 11.0. The molecule has 0 unspecified atom stereocenters. The summed E-state index contributed by atoms with van der Waals surface area (Å²) in [6.07, 6.45) is 0.139. The van der Waals surface area contributed by atoms with Gasteiger partial charge in [-0.25, -0.2) is 0 Å². The molecule has 0 aliphatic carbocycles. The minimum absolute atomic E-state index is 0.139. The standard InChI is InChI=1S/C9H9F2NOS/c10-9(11)14-7-3-1-6(2-4-7)5-8(12)13/h1-4,9H,5H2,(H2,12,13). The Labute approximate surface area is 84.5 Å². The average molecular weight is 217 g/mol. The lowest BCUT2D eigenvalue weighted by atomic mass is 10.1. The highest BCUT2D eigenvalue weighted by Crippen LogP contribution is 2.25. The van der Waals surface area contributed by atoms with Crippen LogP contribution in [-0.4, -0.2) is 11.7 Å². The number of thioether (sulfide) groups is 1. The first-order valence-corrected chi connectivity index (χ1v) is 4.78. The fraction of sp³-hybridized carbons (Fsp3) is 0.222. The minimum Gasteiger partial charge on any atom is -0.369 e. The molecule has 14 heavy (non-hydrogen) atoms. The van der Waals surface area contributed by atoms with E-state index >= 15 is 0 Å². The lowest BCUT2D eigenvalue weighted by Gasteiger charge is -2.01. The van der Waals surface area contributed by atoms with Gasteiger partial charge in [0.2, 0.25) is 5.91 Å². The van der Waals surface area contributed by atoms with E-state index in [2.05, 4.69) is 0 Å². The molecule has 0 heterocycles. The van der Waals surface area contributed by atoms with Crippen LogP contribution in [0.5, 0.6) is 0 Å². The Kier molecular flexibility index (Phi) is 3.88. The summed E-state index contributed by atoms with van der Waals surface area (Å²) in [5.74, 6) is -2.85. The highest BCUT2D eigenvalue weighted by atomic mass is 32.2. The van der Waals surface area contributed by atoms with Crippen LogP contribution in [0, 0.1) is 0 Å². The monoisotopic (exact) mass is 217 g/mol. The Balaban J connectivity index is 2.63. The number of alkyl halides is 2. The summed E-state index contributed by atoms with van der Waals surface area (Å²) in [4.78, 5) is 11.0. The summed E-state index contributed by atoms with van der Waals surface area (Å²) in [5, 5.41) is 0. The van der Waals surface area contributed by atoms with Crippen LogP contribution in [-0.2, 0) is 11.2 Å². The molecule has 1 aromatic rings. The number of rotatable bonds is 4. The second-order valence-corrected chi connectivity index (χ2v) is 3.73. The van der Waals surface area contributed by atoms with Crippen molar-refractivity contribution in [1.29, 1.82) is 0 Å². The molecule has 0 spiro atoms. The molecule has 0 radical (unpaired) electrons. The quantitative estimate of drug-likeness (QED) is 0.784. The molecule has 0 aromatic heterocycles. The first-order chi connectivity index (χ1) is 6.58. The lowest BCUT2D eigenvalue weighted by Crippen LogP contribution is -2.13. The number of amides is 1. The summed E-state index contributed by atoms with van der Waals surface area (Å²) in [6, 6.07) is 6.34. The Morgan fingerprint density at radius 1 is 1.36 bits per heavy atom. The van der Waals surface area contributed by atoms with Crippen molar-refractivity contribution in [1.82, 2.24) is 0 Å². The fourth-order valence-electron chi connectivity index (χ4n) is 0.990. The van der Waals surface area contributed by atoms with Crippen molar-refractivity contribution in [3.05, 3.63) is 29.8 Å². The SMILES string of the molecule is NC(=O)Cc1ccc(SC(F)F)cc1. The Morgan fingerprint density at radius 3 is 2.36 bits per heavy atom. The van der Waals surface area contributed by atoms with Gasteiger partial charge in [0.25, 0.3) is 5.76 Å². The zero-order valence-electron chi connectivity index (χ0n) is 7.24. The molecule has 2 nitrogen and oxygen atoms in total. The number of carbonyl (C=O) groups excluding carboxylic acids is 1. The van der Waals surface area contributed by atoms with Crippen molar-refractivity contribution in [2.45, 2.75) is 17.1 Å². The summed E-state index contributed by atoms with van der Waals surface area (Å²) in [6.45, 7) is 0. The predicted octanol–water partition coefficient (Wildman–Crippen LogP) is 2.03. The summed E-state index contributed by atoms with van der Waals surface area (Å²) in [5.41, 5.74) is 5.71. The summed E-state index contributed by atoms with van der Waals surface area (Å²) >= 11 is 0.477. The largest absolute Gasteiger partial charge is 0.369 e. The van der Waals surface area contributed by atoms with Crippen molar-refractivity contribution in [3.8, 4) is 0 Å². The molecular formula is C9H9F2NOS. The highest BCUT2D eigenvalue weighted by Gasteiger charge is 2.05. The molecule has 0 bridgehead atoms. The van der Waals surface area contributed by atoms with Crippen LogP contribution < -0.4 is 5.73 Å². The molecule has 1 aromatic carbocycles. The molecule has 0 aliphatic heterocycles. The van der Waals surface area contributed by atoms with Gasteiger partial charge in [-0.3, -0.25) is 4.79 Å². The summed E-state index contributed by atoms with van der Waals surface area (Å²) in [7, 11) is 0. The maximum Gasteiger partial charge on any atom is 0.288 e. The van der Waals surface area contributed by atoms with Crippen molar-refractivity contribution >= 4 is 17.7 Å². The van der Waals surface area contributed by atoms with Crippen LogP contribution in [0.1, 0.15) is 5.56 Å². The van der Waals surface area contributed by atoms with Gasteiger partial charge in [-0.2, -0.15) is 8.78 Å². The van der Waals surface area contributed by atoms with E-state index in [1.54, 1.807) is 24.3 Å². The van der Waals surface area contributed by atoms with Crippen LogP contribution in [0.3, 0.4) is 0 Å². The van der Waals surface area contributed by atoms with Gasteiger partial charge in [0.05, 0.1) is 6.42 Å². The highest BCUT2D eigenvalue weighted by molar-refractivity contribution is 7.99. The zero-order valence-corrected chi connectivity index (χ0v) is 8.06. The van der Waals surface area contributed by atoms with E-state index in [9.17, 15) is 13.6 Å². The van der Waals surface area contributed by atoms with Crippen LogP contribution >= 0.6 is 11.8 Å². The molecule has 0 aliphatic rings. The molecule has 1 amide bonds. The van der Waals surface area contributed by atoms with Crippen molar-refractivity contribution < 1.29 is 13.6 Å². The van der Waals surface area contributed by atoms with Gasteiger partial charge in [-0.1, -0.05) is 23.9 Å². The van der Waals surface area contributed by atoms with Crippen molar-refractivity contribution in [2.75, 3.05) is 0 Å². The number of carbonyl (C=O) groups is 1. The average Bonchev–Trinajstić information content (AvgIpc) is 2.06. The second kappa shape index (κ2) is 4.95. The molecule has 76 valence electrons. The number of hydrogen-bond acceptors (Lipinski definition) is 2. The van der Waals surface area contributed by atoms with Crippen LogP contribution in [0.2, 0.25) is 0 Å². The summed E-state index contributed by atoms with van der Waals surface area (Å²) < 4.78 is 23.8. The van der Waals surface area contributed by atoms with E-state index in [0.29, 0.717) is 16.7 Å². The second-order valence-electron chi connectivity index (χ2n) is 2.67. The van der Waals surface area contributed by atoms with Gasteiger partial charge in [0.15, 0.2) is 0 Å². The molecular weight excluding hydrogens is 208 g/mol. The normalized spacial score (nSPS) is 10.5. The van der Waals surface area contributed by atoms with Gasteiger partial charge < -0.3 is 5.73 Å². The third-order valence-corrected chi connectivity index (χ3v) is 2.25. The van der Waals surface area contributed by atoms with E-state index in [1.165, 1.54) is 0 Å². The number of benzene rings is 1. The Bertz CT molecular complexity index is 313. The van der Waals surface area contributed by atoms with E-state index in [1.807, 2.05) is 0 Å². The Morgan fingerprint density at radius 2 is 1.93 bits per heavy atom. The van der Waals surface area contributed by atoms with Gasteiger partial charge in [0, 0.05) is 4.90 Å². The molecule has 0 atom stereocenters. The molecule has 0 saturated carbocycles. The van der Waals surface area contributed by atoms with Gasteiger partial charge in [-0.05, 0) is 17.7 Å². The van der Waals surface area contributed by atoms with E-state index in [-0.39, 0.29) is 6.42 Å². The first-order valence-electron chi connectivity index (χ1n) is 3.90. The predicted molar refractivity (Wildman–Crippen MR) is 51.2 cm³/mol. The number of primary amides is 1. The van der Waals surface area contributed by atoms with Gasteiger partial charge >= 0.3 is 0 Å². The van der Waals surface area contributed by atoms with E-state index < -0.39 is 11.7 Å². The maximum absolute atomic E-state index is 11.9. The molecule has 1 rings (SSSR count). The van der Waals surface area contributed by atoms with Gasteiger partial charge in [0.1, 0.15) is 0 Å². The number of halogens is 2. The molecule has 0 saturated heterocycles.